The number of nitrogens with zero attached hydrogens (tertiary/aromatic N) is 1. The van der Waals surface area contributed by atoms with Crippen molar-refractivity contribution in [1.29, 1.82) is 0 Å². The van der Waals surface area contributed by atoms with Gasteiger partial charge in [0.2, 0.25) is 5.76 Å². The highest BCUT2D eigenvalue weighted by atomic mass is 19.4. The summed E-state index contributed by atoms with van der Waals surface area (Å²) in [6, 6.07) is 30.1. The van der Waals surface area contributed by atoms with Crippen molar-refractivity contribution >= 4 is 16.7 Å². The first kappa shape index (κ1) is 29.1. The van der Waals surface area contributed by atoms with E-state index in [2.05, 4.69) is 29.2 Å². The number of fused-ring (bicyclic) bond motifs is 1. The second kappa shape index (κ2) is 11.5. The maximum atomic E-state index is 13.2. The lowest BCUT2D eigenvalue weighted by atomic mass is 9.83. The molecule has 1 heterocycles. The molecule has 0 bridgehead atoms. The van der Waals surface area contributed by atoms with E-state index in [1.807, 2.05) is 67.6 Å². The van der Waals surface area contributed by atoms with E-state index >= 15 is 0 Å². The SMILES string of the molecule is Cc1ccc2ccccc2c1CN(Cc1ccc(-c2cccc(C(C)(C)C(=O)O)c2)cc1)Cc1ccc(C(F)(F)F)o1. The van der Waals surface area contributed by atoms with Crippen molar-refractivity contribution in [2.45, 2.75) is 52.0 Å². The predicted octanol–water partition coefficient (Wildman–Crippen LogP) is 8.99. The molecule has 4 aromatic carbocycles. The number of benzene rings is 4. The standard InChI is InChI=1S/C35H32F3NO3/c1-23-11-14-26-7-4-5-10-30(26)31(23)22-39(21-29-17-18-32(42-29)35(36,37)38)20-24-12-15-25(16-13-24)27-8-6-9-28(19-27)34(2,3)33(40)41/h4-19H,20-22H2,1-3H3,(H,40,41). The second-order valence-electron chi connectivity index (χ2n) is 11.2. The number of hydrogen-bond acceptors (Lipinski definition) is 3. The third-order valence-electron chi connectivity index (χ3n) is 7.79. The molecule has 0 spiro atoms. The van der Waals surface area contributed by atoms with Gasteiger partial charge in [-0.05, 0) is 77.1 Å². The molecule has 0 atom stereocenters. The highest BCUT2D eigenvalue weighted by Gasteiger charge is 2.35. The predicted molar refractivity (Wildman–Crippen MR) is 158 cm³/mol. The maximum absolute atomic E-state index is 13.2. The zero-order valence-electron chi connectivity index (χ0n) is 23.7. The largest absolute Gasteiger partial charge is 0.481 e. The Morgan fingerprint density at radius 2 is 1.55 bits per heavy atom. The van der Waals surface area contributed by atoms with E-state index in [1.165, 1.54) is 6.07 Å². The Hall–Kier alpha value is -4.36. The summed E-state index contributed by atoms with van der Waals surface area (Å²) in [7, 11) is 0. The van der Waals surface area contributed by atoms with E-state index < -0.39 is 23.3 Å². The summed E-state index contributed by atoms with van der Waals surface area (Å²) in [5.74, 6) is -1.65. The van der Waals surface area contributed by atoms with Gasteiger partial charge in [0, 0.05) is 13.1 Å². The molecule has 1 aromatic heterocycles. The fourth-order valence-electron chi connectivity index (χ4n) is 5.15. The number of halogens is 3. The van der Waals surface area contributed by atoms with E-state index in [-0.39, 0.29) is 12.3 Å². The molecule has 0 amide bonds. The van der Waals surface area contributed by atoms with Gasteiger partial charge in [-0.15, -0.1) is 0 Å². The summed E-state index contributed by atoms with van der Waals surface area (Å²) in [5.41, 5.74) is 4.75. The van der Waals surface area contributed by atoms with Crippen molar-refractivity contribution in [3.05, 3.63) is 131 Å². The van der Waals surface area contributed by atoms with Crippen LogP contribution in [0.2, 0.25) is 0 Å². The monoisotopic (exact) mass is 571 g/mol. The number of alkyl halides is 3. The molecule has 0 unspecified atom stereocenters. The number of hydrogen-bond donors (Lipinski definition) is 1. The Bertz CT molecular complexity index is 1720. The Balaban J connectivity index is 1.43. The third kappa shape index (κ3) is 6.26. The number of furan rings is 1. The van der Waals surface area contributed by atoms with Crippen molar-refractivity contribution in [2.75, 3.05) is 0 Å². The zero-order valence-corrected chi connectivity index (χ0v) is 23.7. The van der Waals surface area contributed by atoms with Gasteiger partial charge in [-0.3, -0.25) is 9.69 Å². The van der Waals surface area contributed by atoms with Gasteiger partial charge >= 0.3 is 12.1 Å². The molecule has 7 heteroatoms. The van der Waals surface area contributed by atoms with Gasteiger partial charge in [-0.1, -0.05) is 84.9 Å². The lowest BCUT2D eigenvalue weighted by molar-refractivity contribution is -0.153. The van der Waals surface area contributed by atoms with Gasteiger partial charge in [0.25, 0.3) is 0 Å². The van der Waals surface area contributed by atoms with Gasteiger partial charge < -0.3 is 9.52 Å². The first-order valence-corrected chi connectivity index (χ1v) is 13.7. The number of carbonyl (C=O) groups is 1. The highest BCUT2D eigenvalue weighted by Crippen LogP contribution is 2.32. The number of carboxylic acid groups (broad SMARTS) is 1. The minimum absolute atomic E-state index is 0.201. The number of aryl methyl sites for hydroxylation is 1. The van der Waals surface area contributed by atoms with E-state index in [0.29, 0.717) is 18.7 Å². The summed E-state index contributed by atoms with van der Waals surface area (Å²) >= 11 is 0. The van der Waals surface area contributed by atoms with Crippen LogP contribution in [0.3, 0.4) is 0 Å². The highest BCUT2D eigenvalue weighted by molar-refractivity contribution is 5.86. The molecular weight excluding hydrogens is 539 g/mol. The summed E-state index contributed by atoms with van der Waals surface area (Å²) < 4.78 is 44.9. The number of aliphatic carboxylic acids is 1. The topological polar surface area (TPSA) is 53.7 Å². The van der Waals surface area contributed by atoms with E-state index in [4.69, 9.17) is 4.42 Å². The molecule has 0 aliphatic heterocycles. The van der Waals surface area contributed by atoms with E-state index in [0.717, 1.165) is 44.7 Å². The van der Waals surface area contributed by atoms with Crippen LogP contribution in [0.15, 0.2) is 101 Å². The molecule has 0 aliphatic rings. The Morgan fingerprint density at radius 1 is 0.810 bits per heavy atom. The van der Waals surface area contributed by atoms with Crippen LogP contribution in [-0.2, 0) is 36.0 Å². The van der Waals surface area contributed by atoms with Crippen LogP contribution in [-0.4, -0.2) is 16.0 Å². The molecule has 4 nitrogen and oxygen atoms in total. The third-order valence-corrected chi connectivity index (χ3v) is 7.79. The fraction of sp³-hybridized carbons (Fsp3) is 0.229. The van der Waals surface area contributed by atoms with Gasteiger partial charge in [0.15, 0.2) is 0 Å². The lowest BCUT2D eigenvalue weighted by Gasteiger charge is -2.24. The summed E-state index contributed by atoms with van der Waals surface area (Å²) in [5, 5.41) is 11.9. The van der Waals surface area contributed by atoms with Crippen LogP contribution in [0.5, 0.6) is 0 Å². The molecule has 0 fully saturated rings. The molecule has 0 saturated heterocycles. The van der Waals surface area contributed by atoms with Crippen LogP contribution in [0.1, 0.15) is 47.6 Å². The Labute approximate surface area is 243 Å². The van der Waals surface area contributed by atoms with Crippen LogP contribution < -0.4 is 0 Å². The van der Waals surface area contributed by atoms with E-state index in [1.54, 1.807) is 13.8 Å². The molecular formula is C35H32F3NO3. The normalized spacial score (nSPS) is 12.3. The first-order chi connectivity index (χ1) is 19.9. The van der Waals surface area contributed by atoms with Crippen LogP contribution in [0.4, 0.5) is 13.2 Å². The second-order valence-corrected chi connectivity index (χ2v) is 11.2. The Morgan fingerprint density at radius 3 is 2.24 bits per heavy atom. The molecule has 5 rings (SSSR count). The molecule has 0 radical (unpaired) electrons. The molecule has 0 saturated carbocycles. The van der Waals surface area contributed by atoms with Crippen molar-refractivity contribution in [3.8, 4) is 11.1 Å². The first-order valence-electron chi connectivity index (χ1n) is 13.7. The van der Waals surface area contributed by atoms with E-state index in [9.17, 15) is 23.1 Å². The van der Waals surface area contributed by atoms with Crippen molar-refractivity contribution in [1.82, 2.24) is 4.90 Å². The molecule has 1 N–H and O–H groups in total. The van der Waals surface area contributed by atoms with Gasteiger partial charge in [0.1, 0.15) is 5.76 Å². The van der Waals surface area contributed by atoms with Crippen molar-refractivity contribution in [3.63, 3.8) is 0 Å². The minimum Gasteiger partial charge on any atom is -0.481 e. The average Bonchev–Trinajstić information content (AvgIpc) is 3.44. The summed E-state index contributed by atoms with van der Waals surface area (Å²) in [6.07, 6.45) is -4.54. The quantitative estimate of drug-likeness (QED) is 0.192. The molecule has 42 heavy (non-hydrogen) atoms. The molecule has 216 valence electrons. The van der Waals surface area contributed by atoms with Crippen molar-refractivity contribution in [2.24, 2.45) is 0 Å². The lowest BCUT2D eigenvalue weighted by Crippen LogP contribution is -2.28. The fourth-order valence-corrected chi connectivity index (χ4v) is 5.15. The number of carboxylic acids is 1. The number of rotatable bonds is 9. The summed E-state index contributed by atoms with van der Waals surface area (Å²) in [6.45, 7) is 6.61. The van der Waals surface area contributed by atoms with Crippen LogP contribution >= 0.6 is 0 Å². The van der Waals surface area contributed by atoms with Crippen molar-refractivity contribution < 1.29 is 27.5 Å². The van der Waals surface area contributed by atoms with Crippen LogP contribution in [0.25, 0.3) is 21.9 Å². The maximum Gasteiger partial charge on any atom is 0.449 e. The summed E-state index contributed by atoms with van der Waals surface area (Å²) in [4.78, 5) is 13.8. The zero-order chi connectivity index (χ0) is 30.1. The average molecular weight is 572 g/mol. The molecule has 5 aromatic rings. The van der Waals surface area contributed by atoms with Gasteiger partial charge in [-0.2, -0.15) is 13.2 Å². The van der Waals surface area contributed by atoms with Gasteiger partial charge in [0.05, 0.1) is 12.0 Å². The van der Waals surface area contributed by atoms with Crippen LogP contribution in [0, 0.1) is 6.92 Å². The Kier molecular flexibility index (Phi) is 7.97. The smallest absolute Gasteiger partial charge is 0.449 e. The minimum atomic E-state index is -4.54. The molecule has 0 aliphatic carbocycles. The van der Waals surface area contributed by atoms with Gasteiger partial charge in [-0.25, -0.2) is 0 Å².